The van der Waals surface area contributed by atoms with Crippen LogP contribution in [-0.2, 0) is 0 Å². The fourth-order valence-corrected chi connectivity index (χ4v) is 1.13. The smallest absolute Gasteiger partial charge is 0.319 e. The van der Waals surface area contributed by atoms with E-state index in [-0.39, 0.29) is 6.03 Å². The van der Waals surface area contributed by atoms with Gasteiger partial charge in [-0.05, 0) is 24.6 Å². The number of rotatable bonds is 4. The van der Waals surface area contributed by atoms with Gasteiger partial charge in [-0.1, -0.05) is 12.1 Å². The van der Waals surface area contributed by atoms with Gasteiger partial charge in [-0.2, -0.15) is 5.26 Å². The maximum Gasteiger partial charge on any atom is 0.319 e. The van der Waals surface area contributed by atoms with E-state index in [9.17, 15) is 4.79 Å². The molecule has 0 saturated heterocycles. The lowest BCUT2D eigenvalue weighted by Crippen LogP contribution is -2.29. The lowest BCUT2D eigenvalue weighted by Gasteiger charge is -2.06. The first-order valence-corrected chi connectivity index (χ1v) is 4.92. The first kappa shape index (κ1) is 11.8. The van der Waals surface area contributed by atoms with Crippen LogP contribution in [0.5, 0.6) is 0 Å². The minimum Gasteiger partial charge on any atom is -0.338 e. The van der Waals surface area contributed by atoms with Crippen molar-refractivity contribution >= 4 is 11.7 Å². The molecule has 0 radical (unpaired) electrons. The molecule has 82 valence electrons. The second-order valence-electron chi connectivity index (χ2n) is 3.15. The number of hydrogen-bond acceptors (Lipinski definition) is 2. The summed E-state index contributed by atoms with van der Waals surface area (Å²) in [6, 6.07) is 8.48. The number of urea groups is 1. The van der Waals surface area contributed by atoms with E-state index in [1.807, 2.05) is 6.07 Å². The Morgan fingerprint density at radius 2 is 2.38 bits per heavy atom. The van der Waals surface area contributed by atoms with Crippen LogP contribution in [-0.4, -0.2) is 12.6 Å². The summed E-state index contributed by atoms with van der Waals surface area (Å²) in [5.41, 5.74) is 1.12. The van der Waals surface area contributed by atoms with Crippen LogP contribution in [0.25, 0.3) is 0 Å². The van der Waals surface area contributed by atoms with E-state index >= 15 is 0 Å². The lowest BCUT2D eigenvalue weighted by molar-refractivity contribution is 0.252. The van der Waals surface area contributed by atoms with Gasteiger partial charge < -0.3 is 10.6 Å². The Morgan fingerprint density at radius 3 is 3.06 bits per heavy atom. The van der Waals surface area contributed by atoms with Gasteiger partial charge in [0.1, 0.15) is 0 Å². The SMILES string of the molecule is C=CCCNC(=O)Nc1cccc(C#N)c1. The van der Waals surface area contributed by atoms with Crippen LogP contribution in [0.1, 0.15) is 12.0 Å². The molecule has 2 amide bonds. The third kappa shape index (κ3) is 3.84. The number of benzene rings is 1. The van der Waals surface area contributed by atoms with Gasteiger partial charge in [0.25, 0.3) is 0 Å². The Bertz CT molecular complexity index is 421. The number of carbonyl (C=O) groups excluding carboxylic acids is 1. The molecule has 0 saturated carbocycles. The molecule has 1 rings (SSSR count). The highest BCUT2D eigenvalue weighted by Crippen LogP contribution is 2.09. The zero-order valence-electron chi connectivity index (χ0n) is 8.86. The van der Waals surface area contributed by atoms with E-state index < -0.39 is 0 Å². The van der Waals surface area contributed by atoms with Crippen molar-refractivity contribution in [3.8, 4) is 6.07 Å². The predicted molar refractivity (Wildman–Crippen MR) is 63.0 cm³/mol. The van der Waals surface area contributed by atoms with Crippen LogP contribution in [0.2, 0.25) is 0 Å². The standard InChI is InChI=1S/C12H13N3O/c1-2-3-7-14-12(16)15-11-6-4-5-10(8-11)9-13/h2,4-6,8H,1,3,7H2,(H2,14,15,16). The molecule has 0 aliphatic rings. The minimum atomic E-state index is -0.281. The fourth-order valence-electron chi connectivity index (χ4n) is 1.13. The molecule has 0 aromatic heterocycles. The Balaban J connectivity index is 2.49. The van der Waals surface area contributed by atoms with Crippen molar-refractivity contribution in [3.63, 3.8) is 0 Å². The minimum absolute atomic E-state index is 0.281. The molecule has 4 nitrogen and oxygen atoms in total. The Kier molecular flexibility index (Phi) is 4.61. The van der Waals surface area contributed by atoms with Crippen molar-refractivity contribution in [2.24, 2.45) is 0 Å². The van der Waals surface area contributed by atoms with Gasteiger partial charge in [-0.15, -0.1) is 6.58 Å². The molecular weight excluding hydrogens is 202 g/mol. The van der Waals surface area contributed by atoms with Gasteiger partial charge in [0.2, 0.25) is 0 Å². The molecule has 0 aliphatic heterocycles. The van der Waals surface area contributed by atoms with Crippen molar-refractivity contribution in [2.45, 2.75) is 6.42 Å². The second kappa shape index (κ2) is 6.25. The van der Waals surface area contributed by atoms with E-state index in [0.717, 1.165) is 6.42 Å². The molecule has 0 atom stereocenters. The Hall–Kier alpha value is -2.28. The molecule has 0 fully saturated rings. The predicted octanol–water partition coefficient (Wildman–Crippen LogP) is 2.26. The number of nitriles is 1. The number of amides is 2. The van der Waals surface area contributed by atoms with Gasteiger partial charge in [0.05, 0.1) is 11.6 Å². The summed E-state index contributed by atoms with van der Waals surface area (Å²) in [4.78, 5) is 11.3. The molecule has 1 aromatic rings. The molecule has 0 heterocycles. The largest absolute Gasteiger partial charge is 0.338 e. The summed E-state index contributed by atoms with van der Waals surface area (Å²) in [6.45, 7) is 4.11. The van der Waals surface area contributed by atoms with E-state index in [4.69, 9.17) is 5.26 Å². The second-order valence-corrected chi connectivity index (χ2v) is 3.15. The van der Waals surface area contributed by atoms with E-state index in [0.29, 0.717) is 17.8 Å². The van der Waals surface area contributed by atoms with Crippen LogP contribution < -0.4 is 10.6 Å². The van der Waals surface area contributed by atoms with Crippen molar-refractivity contribution < 1.29 is 4.79 Å². The summed E-state index contributed by atoms with van der Waals surface area (Å²) in [5, 5.41) is 14.0. The maximum absolute atomic E-state index is 11.3. The summed E-state index contributed by atoms with van der Waals surface area (Å²) in [6.07, 6.45) is 2.46. The average Bonchev–Trinajstić information content (AvgIpc) is 2.29. The molecule has 0 unspecified atom stereocenters. The van der Waals surface area contributed by atoms with Crippen LogP contribution in [0, 0.1) is 11.3 Å². The molecule has 4 heteroatoms. The molecule has 0 aliphatic carbocycles. The average molecular weight is 215 g/mol. The highest BCUT2D eigenvalue weighted by atomic mass is 16.2. The number of hydrogen-bond donors (Lipinski definition) is 2. The molecule has 1 aromatic carbocycles. The lowest BCUT2D eigenvalue weighted by atomic mass is 10.2. The van der Waals surface area contributed by atoms with Gasteiger partial charge in [0, 0.05) is 12.2 Å². The summed E-state index contributed by atoms with van der Waals surface area (Å²) >= 11 is 0. The van der Waals surface area contributed by atoms with Crippen molar-refractivity contribution in [1.82, 2.24) is 5.32 Å². The number of nitrogens with one attached hydrogen (secondary N) is 2. The third-order valence-corrected chi connectivity index (χ3v) is 1.88. The summed E-state index contributed by atoms with van der Waals surface area (Å²) in [5.74, 6) is 0. The van der Waals surface area contributed by atoms with E-state index in [1.54, 1.807) is 30.3 Å². The van der Waals surface area contributed by atoms with Gasteiger partial charge in [-0.3, -0.25) is 0 Å². The van der Waals surface area contributed by atoms with Crippen LogP contribution in [0.15, 0.2) is 36.9 Å². The molecule has 0 bridgehead atoms. The van der Waals surface area contributed by atoms with E-state index in [2.05, 4.69) is 17.2 Å². The van der Waals surface area contributed by atoms with Gasteiger partial charge >= 0.3 is 6.03 Å². The van der Waals surface area contributed by atoms with Crippen molar-refractivity contribution in [1.29, 1.82) is 5.26 Å². The number of anilines is 1. The van der Waals surface area contributed by atoms with Gasteiger partial charge in [0.15, 0.2) is 0 Å². The van der Waals surface area contributed by atoms with Crippen molar-refractivity contribution in [2.75, 3.05) is 11.9 Å². The monoisotopic (exact) mass is 215 g/mol. The summed E-state index contributed by atoms with van der Waals surface area (Å²) in [7, 11) is 0. The van der Waals surface area contributed by atoms with E-state index in [1.165, 1.54) is 0 Å². The molecular formula is C12H13N3O. The molecule has 16 heavy (non-hydrogen) atoms. The normalized spacial score (nSPS) is 8.94. The third-order valence-electron chi connectivity index (χ3n) is 1.88. The first-order valence-electron chi connectivity index (χ1n) is 4.92. The Labute approximate surface area is 94.6 Å². The van der Waals surface area contributed by atoms with Crippen LogP contribution in [0.3, 0.4) is 0 Å². The zero-order valence-corrected chi connectivity index (χ0v) is 8.86. The molecule has 0 spiro atoms. The number of carbonyl (C=O) groups is 1. The van der Waals surface area contributed by atoms with Crippen molar-refractivity contribution in [3.05, 3.63) is 42.5 Å². The first-order chi connectivity index (χ1) is 7.76. The van der Waals surface area contributed by atoms with Crippen LogP contribution in [0.4, 0.5) is 10.5 Å². The van der Waals surface area contributed by atoms with Gasteiger partial charge in [-0.25, -0.2) is 4.79 Å². The van der Waals surface area contributed by atoms with Crippen LogP contribution >= 0.6 is 0 Å². The fraction of sp³-hybridized carbons (Fsp3) is 0.167. The highest BCUT2D eigenvalue weighted by Gasteiger charge is 2.00. The number of nitrogens with zero attached hydrogens (tertiary/aromatic N) is 1. The maximum atomic E-state index is 11.3. The zero-order chi connectivity index (χ0) is 11.8. The Morgan fingerprint density at radius 1 is 1.56 bits per heavy atom. The quantitative estimate of drug-likeness (QED) is 0.597. The topological polar surface area (TPSA) is 64.9 Å². The summed E-state index contributed by atoms with van der Waals surface area (Å²) < 4.78 is 0. The highest BCUT2D eigenvalue weighted by molar-refractivity contribution is 5.89. The molecule has 2 N–H and O–H groups in total.